The lowest BCUT2D eigenvalue weighted by atomic mass is 10.00. The molecule has 130 valence electrons. The first-order valence-electron chi connectivity index (χ1n) is 7.96. The van der Waals surface area contributed by atoms with E-state index in [0.29, 0.717) is 31.2 Å². The first-order chi connectivity index (χ1) is 10.6. The molecule has 2 rings (SSSR count). The van der Waals surface area contributed by atoms with Gasteiger partial charge in [0, 0.05) is 19.0 Å². The molecular formula is C17H27ClN2O3. The minimum absolute atomic E-state index is 0. The third-order valence-electron chi connectivity index (χ3n) is 4.18. The minimum atomic E-state index is 0. The highest BCUT2D eigenvalue weighted by Gasteiger charge is 2.25. The summed E-state index contributed by atoms with van der Waals surface area (Å²) in [6.07, 6.45) is 3.75. The summed E-state index contributed by atoms with van der Waals surface area (Å²) < 4.78 is 10.8. The van der Waals surface area contributed by atoms with E-state index in [-0.39, 0.29) is 24.4 Å². The van der Waals surface area contributed by atoms with Gasteiger partial charge in [0.15, 0.2) is 11.5 Å². The van der Waals surface area contributed by atoms with Crippen molar-refractivity contribution in [2.24, 2.45) is 11.7 Å². The summed E-state index contributed by atoms with van der Waals surface area (Å²) in [6.45, 7) is 3.01. The topological polar surface area (TPSA) is 73.6 Å². The minimum Gasteiger partial charge on any atom is -0.493 e. The summed E-state index contributed by atoms with van der Waals surface area (Å²) >= 11 is 0. The fourth-order valence-electron chi connectivity index (χ4n) is 2.93. The molecule has 1 amide bonds. The van der Waals surface area contributed by atoms with Gasteiger partial charge in [0.25, 0.3) is 0 Å². The Morgan fingerprint density at radius 1 is 1.35 bits per heavy atom. The molecule has 1 aromatic rings. The van der Waals surface area contributed by atoms with Crippen molar-refractivity contribution in [2.45, 2.75) is 45.2 Å². The fraction of sp³-hybridized carbons (Fsp3) is 0.588. The van der Waals surface area contributed by atoms with E-state index in [1.165, 1.54) is 0 Å². The molecule has 0 aromatic heterocycles. The van der Waals surface area contributed by atoms with Crippen molar-refractivity contribution in [2.75, 3.05) is 13.7 Å². The zero-order valence-electron chi connectivity index (χ0n) is 13.8. The normalized spacial score (nSPS) is 19.8. The van der Waals surface area contributed by atoms with Gasteiger partial charge in [0.2, 0.25) is 5.91 Å². The second-order valence-electron chi connectivity index (χ2n) is 5.75. The molecule has 0 unspecified atom stereocenters. The number of hydrogen-bond acceptors (Lipinski definition) is 4. The Hall–Kier alpha value is -1.46. The molecule has 0 aliphatic heterocycles. The van der Waals surface area contributed by atoms with E-state index < -0.39 is 0 Å². The average molecular weight is 343 g/mol. The largest absolute Gasteiger partial charge is 0.493 e. The Morgan fingerprint density at radius 2 is 2.13 bits per heavy atom. The third-order valence-corrected chi connectivity index (χ3v) is 4.18. The first kappa shape index (κ1) is 19.6. The molecule has 1 aliphatic carbocycles. The zero-order chi connectivity index (χ0) is 15.9. The molecule has 0 saturated heterocycles. The Kier molecular flexibility index (Phi) is 8.20. The lowest BCUT2D eigenvalue weighted by Gasteiger charge is -2.15. The van der Waals surface area contributed by atoms with Crippen LogP contribution in [0.15, 0.2) is 18.2 Å². The van der Waals surface area contributed by atoms with Crippen LogP contribution in [0.25, 0.3) is 0 Å². The molecule has 2 atom stereocenters. The summed E-state index contributed by atoms with van der Waals surface area (Å²) in [4.78, 5) is 12.0. The van der Waals surface area contributed by atoms with Gasteiger partial charge in [0.05, 0.1) is 13.7 Å². The Morgan fingerprint density at radius 3 is 2.74 bits per heavy atom. The smallest absolute Gasteiger partial charge is 0.220 e. The summed E-state index contributed by atoms with van der Waals surface area (Å²) in [5.41, 5.74) is 7.00. The maximum atomic E-state index is 12.0. The molecule has 3 N–H and O–H groups in total. The molecule has 6 heteroatoms. The van der Waals surface area contributed by atoms with Crippen LogP contribution in [0.1, 0.15) is 38.2 Å². The second kappa shape index (κ2) is 9.63. The summed E-state index contributed by atoms with van der Waals surface area (Å²) in [5, 5.41) is 2.96. The van der Waals surface area contributed by atoms with E-state index in [4.69, 9.17) is 15.2 Å². The highest BCUT2D eigenvalue weighted by molar-refractivity contribution is 5.85. The van der Waals surface area contributed by atoms with Gasteiger partial charge < -0.3 is 20.5 Å². The zero-order valence-corrected chi connectivity index (χ0v) is 14.7. The molecule has 23 heavy (non-hydrogen) atoms. The SMILES string of the molecule is CCOc1ccc(CNC(=O)C[C@@H]2CCC[C@H]2N)cc1OC.Cl. The molecular weight excluding hydrogens is 316 g/mol. The predicted molar refractivity (Wildman–Crippen MR) is 93.2 cm³/mol. The van der Waals surface area contributed by atoms with E-state index >= 15 is 0 Å². The molecule has 1 aliphatic rings. The van der Waals surface area contributed by atoms with Crippen LogP contribution in [0.3, 0.4) is 0 Å². The van der Waals surface area contributed by atoms with Crippen molar-refractivity contribution in [1.82, 2.24) is 5.32 Å². The first-order valence-corrected chi connectivity index (χ1v) is 7.96. The van der Waals surface area contributed by atoms with Crippen molar-refractivity contribution in [3.63, 3.8) is 0 Å². The molecule has 5 nitrogen and oxygen atoms in total. The van der Waals surface area contributed by atoms with Gasteiger partial charge in [-0.3, -0.25) is 4.79 Å². The number of nitrogens with one attached hydrogen (secondary N) is 1. The van der Waals surface area contributed by atoms with Crippen molar-refractivity contribution in [3.05, 3.63) is 23.8 Å². The number of halogens is 1. The average Bonchev–Trinajstić information content (AvgIpc) is 2.91. The number of benzene rings is 1. The van der Waals surface area contributed by atoms with Crippen LogP contribution in [0.2, 0.25) is 0 Å². The summed E-state index contributed by atoms with van der Waals surface area (Å²) in [7, 11) is 1.61. The van der Waals surface area contributed by atoms with Crippen LogP contribution in [0, 0.1) is 5.92 Å². The van der Waals surface area contributed by atoms with Crippen LogP contribution in [0.4, 0.5) is 0 Å². The number of hydrogen-bond donors (Lipinski definition) is 2. The van der Waals surface area contributed by atoms with Gasteiger partial charge in [-0.25, -0.2) is 0 Å². The molecule has 1 fully saturated rings. The van der Waals surface area contributed by atoms with Crippen LogP contribution in [-0.2, 0) is 11.3 Å². The van der Waals surface area contributed by atoms with E-state index in [1.807, 2.05) is 25.1 Å². The molecule has 0 spiro atoms. The number of nitrogens with two attached hydrogens (primary N) is 1. The molecule has 0 heterocycles. The van der Waals surface area contributed by atoms with E-state index in [2.05, 4.69) is 5.32 Å². The maximum Gasteiger partial charge on any atom is 0.220 e. The lowest BCUT2D eigenvalue weighted by Crippen LogP contribution is -2.31. The maximum absolute atomic E-state index is 12.0. The van der Waals surface area contributed by atoms with Crippen LogP contribution >= 0.6 is 12.4 Å². The monoisotopic (exact) mass is 342 g/mol. The predicted octanol–water partition coefficient (Wildman–Crippen LogP) is 2.65. The Labute approximate surface area is 144 Å². The summed E-state index contributed by atoms with van der Waals surface area (Å²) in [5.74, 6) is 1.80. The molecule has 0 bridgehead atoms. The number of amides is 1. The fourth-order valence-corrected chi connectivity index (χ4v) is 2.93. The number of methoxy groups -OCH3 is 1. The molecule has 1 aromatic carbocycles. The number of rotatable bonds is 7. The number of carbonyl (C=O) groups excluding carboxylic acids is 1. The molecule has 1 saturated carbocycles. The van der Waals surface area contributed by atoms with Crippen LogP contribution < -0.4 is 20.5 Å². The van der Waals surface area contributed by atoms with Gasteiger partial charge in [-0.15, -0.1) is 12.4 Å². The second-order valence-corrected chi connectivity index (χ2v) is 5.75. The molecule has 0 radical (unpaired) electrons. The highest BCUT2D eigenvalue weighted by Crippen LogP contribution is 2.28. The van der Waals surface area contributed by atoms with E-state index in [9.17, 15) is 4.79 Å². The van der Waals surface area contributed by atoms with Crippen LogP contribution in [-0.4, -0.2) is 25.7 Å². The third kappa shape index (κ3) is 5.59. The van der Waals surface area contributed by atoms with Gasteiger partial charge in [0.1, 0.15) is 0 Å². The van der Waals surface area contributed by atoms with Gasteiger partial charge in [-0.1, -0.05) is 12.5 Å². The van der Waals surface area contributed by atoms with Gasteiger partial charge in [-0.2, -0.15) is 0 Å². The quantitative estimate of drug-likeness (QED) is 0.799. The Balaban J connectivity index is 0.00000264. The van der Waals surface area contributed by atoms with Crippen LogP contribution in [0.5, 0.6) is 11.5 Å². The van der Waals surface area contributed by atoms with E-state index in [1.54, 1.807) is 7.11 Å². The van der Waals surface area contributed by atoms with Crippen molar-refractivity contribution in [3.8, 4) is 11.5 Å². The number of ether oxygens (including phenoxy) is 2. The van der Waals surface area contributed by atoms with Crippen molar-refractivity contribution in [1.29, 1.82) is 0 Å². The highest BCUT2D eigenvalue weighted by atomic mass is 35.5. The lowest BCUT2D eigenvalue weighted by molar-refractivity contribution is -0.122. The summed E-state index contributed by atoms with van der Waals surface area (Å²) in [6, 6.07) is 5.88. The van der Waals surface area contributed by atoms with Gasteiger partial charge in [-0.05, 0) is 43.4 Å². The van der Waals surface area contributed by atoms with Crippen molar-refractivity contribution >= 4 is 18.3 Å². The van der Waals surface area contributed by atoms with E-state index in [0.717, 1.165) is 30.6 Å². The Bertz CT molecular complexity index is 511. The standard InChI is InChI=1S/C17H26N2O3.ClH/c1-3-22-15-8-7-12(9-16(15)21-2)11-19-17(20)10-13-5-4-6-14(13)18;/h7-9,13-14H,3-6,10-11,18H2,1-2H3,(H,19,20);1H/t13-,14+;/m0./s1. The van der Waals surface area contributed by atoms with Gasteiger partial charge >= 0.3 is 0 Å². The van der Waals surface area contributed by atoms with Crippen molar-refractivity contribution < 1.29 is 14.3 Å². The number of carbonyl (C=O) groups is 1.